The van der Waals surface area contributed by atoms with Crippen LogP contribution in [-0.4, -0.2) is 5.11 Å². The van der Waals surface area contributed by atoms with Gasteiger partial charge in [-0.15, -0.1) is 0 Å². The molecule has 0 saturated carbocycles. The van der Waals surface area contributed by atoms with Gasteiger partial charge >= 0.3 is 0 Å². The number of benzene rings is 2. The summed E-state index contributed by atoms with van der Waals surface area (Å²) in [5.41, 5.74) is 3.48. The quantitative estimate of drug-likeness (QED) is 0.736. The van der Waals surface area contributed by atoms with Gasteiger partial charge in [0.05, 0.1) is 0 Å². The van der Waals surface area contributed by atoms with E-state index in [2.05, 4.69) is 24.8 Å². The van der Waals surface area contributed by atoms with Gasteiger partial charge in [0, 0.05) is 5.75 Å². The molecule has 0 fully saturated rings. The van der Waals surface area contributed by atoms with E-state index in [0.29, 0.717) is 5.75 Å². The van der Waals surface area contributed by atoms with Crippen molar-refractivity contribution in [2.24, 2.45) is 0 Å². The van der Waals surface area contributed by atoms with Crippen LogP contribution in [-0.2, 0) is 5.75 Å². The molecular weight excluding hydrogens is 204 g/mol. The van der Waals surface area contributed by atoms with Crippen LogP contribution in [0, 0.1) is 0 Å². The standard InChI is InChI=1S/C13H12OS/c14-12-7-5-10(6-8-12)13-4-2-1-3-11(13)9-15/h1-8,14-15H,9H2. The third-order valence-electron chi connectivity index (χ3n) is 2.37. The van der Waals surface area contributed by atoms with E-state index in [1.807, 2.05) is 24.3 Å². The average molecular weight is 216 g/mol. The van der Waals surface area contributed by atoms with Crippen LogP contribution in [0.1, 0.15) is 5.56 Å². The highest BCUT2D eigenvalue weighted by atomic mass is 32.1. The molecule has 15 heavy (non-hydrogen) atoms. The van der Waals surface area contributed by atoms with Crippen molar-refractivity contribution in [2.75, 3.05) is 0 Å². The Labute approximate surface area is 94.8 Å². The van der Waals surface area contributed by atoms with E-state index in [1.54, 1.807) is 12.1 Å². The fraction of sp³-hybridized carbons (Fsp3) is 0.0769. The third-order valence-corrected chi connectivity index (χ3v) is 2.71. The molecule has 0 aliphatic carbocycles. The lowest BCUT2D eigenvalue weighted by molar-refractivity contribution is 0.475. The lowest BCUT2D eigenvalue weighted by Crippen LogP contribution is -1.85. The van der Waals surface area contributed by atoms with E-state index in [4.69, 9.17) is 0 Å². The van der Waals surface area contributed by atoms with Gasteiger partial charge in [0.15, 0.2) is 0 Å². The van der Waals surface area contributed by atoms with Crippen molar-refractivity contribution < 1.29 is 5.11 Å². The second kappa shape index (κ2) is 4.41. The first-order valence-corrected chi connectivity index (χ1v) is 5.42. The Morgan fingerprint density at radius 1 is 0.933 bits per heavy atom. The molecular formula is C13H12OS. The fourth-order valence-electron chi connectivity index (χ4n) is 1.58. The number of hydrogen-bond acceptors (Lipinski definition) is 2. The molecule has 2 rings (SSSR count). The summed E-state index contributed by atoms with van der Waals surface area (Å²) in [5.74, 6) is 1.01. The molecule has 0 heterocycles. The highest BCUT2D eigenvalue weighted by molar-refractivity contribution is 7.79. The summed E-state index contributed by atoms with van der Waals surface area (Å²) in [6, 6.07) is 15.4. The predicted molar refractivity (Wildman–Crippen MR) is 66.2 cm³/mol. The molecule has 0 aromatic heterocycles. The molecule has 0 aliphatic heterocycles. The summed E-state index contributed by atoms with van der Waals surface area (Å²) >= 11 is 4.30. The first kappa shape index (κ1) is 10.1. The van der Waals surface area contributed by atoms with Crippen molar-refractivity contribution in [2.45, 2.75) is 5.75 Å². The molecule has 0 saturated heterocycles. The number of thiol groups is 1. The number of phenolic OH excluding ortho intramolecular Hbond substituents is 1. The van der Waals surface area contributed by atoms with Crippen LogP contribution >= 0.6 is 12.6 Å². The van der Waals surface area contributed by atoms with Crippen LogP contribution in [0.5, 0.6) is 5.75 Å². The van der Waals surface area contributed by atoms with E-state index in [9.17, 15) is 5.11 Å². The van der Waals surface area contributed by atoms with E-state index in [0.717, 1.165) is 11.3 Å². The van der Waals surface area contributed by atoms with Gasteiger partial charge < -0.3 is 5.11 Å². The number of rotatable bonds is 2. The lowest BCUT2D eigenvalue weighted by atomic mass is 10.0. The van der Waals surface area contributed by atoms with Crippen LogP contribution in [0.4, 0.5) is 0 Å². The van der Waals surface area contributed by atoms with E-state index >= 15 is 0 Å². The second-order valence-corrected chi connectivity index (χ2v) is 3.68. The highest BCUT2D eigenvalue weighted by Gasteiger charge is 2.02. The Morgan fingerprint density at radius 2 is 1.60 bits per heavy atom. The van der Waals surface area contributed by atoms with Crippen molar-refractivity contribution in [1.29, 1.82) is 0 Å². The van der Waals surface area contributed by atoms with Gasteiger partial charge in [0.2, 0.25) is 0 Å². The lowest BCUT2D eigenvalue weighted by Gasteiger charge is -2.07. The molecule has 0 spiro atoms. The third kappa shape index (κ3) is 2.16. The number of aromatic hydroxyl groups is 1. The van der Waals surface area contributed by atoms with Gasteiger partial charge in [0.25, 0.3) is 0 Å². The molecule has 0 atom stereocenters. The summed E-state index contributed by atoms with van der Waals surface area (Å²) in [5, 5.41) is 9.21. The maximum absolute atomic E-state index is 9.21. The van der Waals surface area contributed by atoms with Crippen molar-refractivity contribution in [3.05, 3.63) is 54.1 Å². The summed E-state index contributed by atoms with van der Waals surface area (Å²) in [4.78, 5) is 0. The molecule has 0 amide bonds. The molecule has 0 aliphatic rings. The number of phenols is 1. The van der Waals surface area contributed by atoms with E-state index in [1.165, 1.54) is 11.1 Å². The highest BCUT2D eigenvalue weighted by Crippen LogP contribution is 2.26. The SMILES string of the molecule is Oc1ccc(-c2ccccc2CS)cc1. The summed E-state index contributed by atoms with van der Waals surface area (Å²) < 4.78 is 0. The first-order chi connectivity index (χ1) is 7.31. The molecule has 2 aromatic carbocycles. The Kier molecular flexibility index (Phi) is 2.97. The maximum Gasteiger partial charge on any atom is 0.115 e. The van der Waals surface area contributed by atoms with Gasteiger partial charge in [-0.25, -0.2) is 0 Å². The van der Waals surface area contributed by atoms with Gasteiger partial charge in [-0.2, -0.15) is 12.6 Å². The summed E-state index contributed by atoms with van der Waals surface area (Å²) in [6.45, 7) is 0. The molecule has 2 heteroatoms. The topological polar surface area (TPSA) is 20.2 Å². The second-order valence-electron chi connectivity index (χ2n) is 3.36. The molecule has 76 valence electrons. The van der Waals surface area contributed by atoms with Crippen LogP contribution in [0.15, 0.2) is 48.5 Å². The van der Waals surface area contributed by atoms with Crippen molar-refractivity contribution in [1.82, 2.24) is 0 Å². The zero-order chi connectivity index (χ0) is 10.7. The summed E-state index contributed by atoms with van der Waals surface area (Å²) in [7, 11) is 0. The van der Waals surface area contributed by atoms with Crippen LogP contribution < -0.4 is 0 Å². The number of hydrogen-bond donors (Lipinski definition) is 2. The largest absolute Gasteiger partial charge is 0.508 e. The Balaban J connectivity index is 2.49. The Hall–Kier alpha value is -1.41. The minimum Gasteiger partial charge on any atom is -0.508 e. The van der Waals surface area contributed by atoms with E-state index in [-0.39, 0.29) is 0 Å². The zero-order valence-corrected chi connectivity index (χ0v) is 9.11. The summed E-state index contributed by atoms with van der Waals surface area (Å²) in [6.07, 6.45) is 0. The normalized spacial score (nSPS) is 10.2. The molecule has 1 N–H and O–H groups in total. The predicted octanol–water partition coefficient (Wildman–Crippen LogP) is 3.49. The van der Waals surface area contributed by atoms with Gasteiger partial charge in [-0.05, 0) is 28.8 Å². The van der Waals surface area contributed by atoms with Crippen LogP contribution in [0.25, 0.3) is 11.1 Å². The van der Waals surface area contributed by atoms with Crippen molar-refractivity contribution in [3.63, 3.8) is 0 Å². The molecule has 0 unspecified atom stereocenters. The molecule has 0 bridgehead atoms. The van der Waals surface area contributed by atoms with Crippen LogP contribution in [0.2, 0.25) is 0 Å². The van der Waals surface area contributed by atoms with Crippen molar-refractivity contribution in [3.8, 4) is 16.9 Å². The fourth-order valence-corrected chi connectivity index (χ4v) is 1.86. The van der Waals surface area contributed by atoms with Gasteiger partial charge in [-0.3, -0.25) is 0 Å². The smallest absolute Gasteiger partial charge is 0.115 e. The Morgan fingerprint density at radius 3 is 2.27 bits per heavy atom. The van der Waals surface area contributed by atoms with E-state index < -0.39 is 0 Å². The zero-order valence-electron chi connectivity index (χ0n) is 8.22. The van der Waals surface area contributed by atoms with Crippen molar-refractivity contribution >= 4 is 12.6 Å². The minimum absolute atomic E-state index is 0.294. The van der Waals surface area contributed by atoms with Gasteiger partial charge in [-0.1, -0.05) is 36.4 Å². The molecule has 2 aromatic rings. The van der Waals surface area contributed by atoms with Gasteiger partial charge in [0.1, 0.15) is 5.75 Å². The van der Waals surface area contributed by atoms with Crippen LogP contribution in [0.3, 0.4) is 0 Å². The monoisotopic (exact) mass is 216 g/mol. The molecule has 1 nitrogen and oxygen atoms in total. The maximum atomic E-state index is 9.21. The average Bonchev–Trinajstić information content (AvgIpc) is 2.30. The first-order valence-electron chi connectivity index (χ1n) is 4.79. The molecule has 0 radical (unpaired) electrons. The Bertz CT molecular complexity index is 448. The minimum atomic E-state index is 0.294.